The molecule has 5 nitrogen and oxygen atoms in total. The van der Waals surface area contributed by atoms with Gasteiger partial charge in [0.05, 0.1) is 12.7 Å². The number of aromatic amines is 1. The largest absolute Gasteiger partial charge is 0.497 e. The molecule has 19 heavy (non-hydrogen) atoms. The number of benzene rings is 1. The van der Waals surface area contributed by atoms with Crippen LogP contribution in [0.2, 0.25) is 5.02 Å². The number of hydrogen-bond donors (Lipinski definition) is 2. The molecule has 0 aliphatic carbocycles. The maximum atomic E-state index is 11.9. The number of carbonyl (C=O) groups excluding carboxylic acids is 1. The summed E-state index contributed by atoms with van der Waals surface area (Å²) in [5.74, 6) is 0.267. The summed E-state index contributed by atoms with van der Waals surface area (Å²) in [4.78, 5) is 25.4. The van der Waals surface area contributed by atoms with Gasteiger partial charge in [-0.1, -0.05) is 17.7 Å². The summed E-state index contributed by atoms with van der Waals surface area (Å²) >= 11 is 5.66. The van der Waals surface area contributed by atoms with E-state index in [-0.39, 0.29) is 16.5 Å². The summed E-state index contributed by atoms with van der Waals surface area (Å²) in [5.41, 5.74) is 0.429. The van der Waals surface area contributed by atoms with Gasteiger partial charge in [-0.25, -0.2) is 0 Å². The highest BCUT2D eigenvalue weighted by Gasteiger charge is 2.08. The van der Waals surface area contributed by atoms with Crippen LogP contribution in [0.3, 0.4) is 0 Å². The topological polar surface area (TPSA) is 71.2 Å². The van der Waals surface area contributed by atoms with Crippen molar-refractivity contribution in [3.8, 4) is 5.75 Å². The van der Waals surface area contributed by atoms with Crippen molar-refractivity contribution in [3.05, 3.63) is 57.5 Å². The lowest BCUT2D eigenvalue weighted by atomic mass is 10.2. The quantitative estimate of drug-likeness (QED) is 0.905. The fourth-order valence-electron chi connectivity index (χ4n) is 1.49. The van der Waals surface area contributed by atoms with E-state index in [0.717, 1.165) is 0 Å². The number of rotatable bonds is 3. The first-order valence-corrected chi connectivity index (χ1v) is 5.81. The average molecular weight is 279 g/mol. The number of carbonyl (C=O) groups is 1. The third-order valence-corrected chi connectivity index (χ3v) is 2.73. The lowest BCUT2D eigenvalue weighted by Gasteiger charge is -2.07. The number of pyridine rings is 1. The first-order chi connectivity index (χ1) is 9.10. The van der Waals surface area contributed by atoms with E-state index in [2.05, 4.69) is 10.3 Å². The Morgan fingerprint density at radius 3 is 2.84 bits per heavy atom. The predicted molar refractivity (Wildman–Crippen MR) is 73.0 cm³/mol. The molecule has 6 heteroatoms. The van der Waals surface area contributed by atoms with Crippen molar-refractivity contribution in [1.82, 2.24) is 4.98 Å². The number of methoxy groups -OCH3 is 1. The van der Waals surface area contributed by atoms with Crippen LogP contribution in [0, 0.1) is 0 Å². The highest BCUT2D eigenvalue weighted by atomic mass is 35.5. The number of ether oxygens (including phenoxy) is 1. The number of amides is 1. The van der Waals surface area contributed by atoms with Gasteiger partial charge < -0.3 is 15.0 Å². The summed E-state index contributed by atoms with van der Waals surface area (Å²) < 4.78 is 5.06. The first kappa shape index (κ1) is 13.2. The Balaban J connectivity index is 2.20. The lowest BCUT2D eigenvalue weighted by molar-refractivity contribution is 0.102. The van der Waals surface area contributed by atoms with E-state index in [9.17, 15) is 9.59 Å². The minimum absolute atomic E-state index is 0.0294. The number of anilines is 1. The van der Waals surface area contributed by atoms with Gasteiger partial charge in [-0.3, -0.25) is 9.59 Å². The third kappa shape index (κ3) is 3.14. The van der Waals surface area contributed by atoms with E-state index in [1.54, 1.807) is 31.4 Å². The van der Waals surface area contributed by atoms with Gasteiger partial charge in [0.2, 0.25) is 0 Å². The van der Waals surface area contributed by atoms with E-state index >= 15 is 0 Å². The molecule has 0 fully saturated rings. The highest BCUT2D eigenvalue weighted by Crippen LogP contribution is 2.17. The number of halogens is 1. The summed E-state index contributed by atoms with van der Waals surface area (Å²) in [6.45, 7) is 0. The zero-order valence-electron chi connectivity index (χ0n) is 10.1. The minimum Gasteiger partial charge on any atom is -0.497 e. The van der Waals surface area contributed by atoms with Crippen molar-refractivity contribution in [1.29, 1.82) is 0 Å². The molecular weight excluding hydrogens is 268 g/mol. The molecule has 0 unspecified atom stereocenters. The zero-order valence-corrected chi connectivity index (χ0v) is 10.8. The monoisotopic (exact) mass is 278 g/mol. The smallest absolute Gasteiger partial charge is 0.266 e. The van der Waals surface area contributed by atoms with Gasteiger partial charge >= 0.3 is 0 Å². The normalized spacial score (nSPS) is 10.0. The zero-order chi connectivity index (χ0) is 13.8. The number of H-pyrrole nitrogens is 1. The molecule has 1 aromatic heterocycles. The van der Waals surface area contributed by atoms with Crippen LogP contribution in [0.25, 0.3) is 0 Å². The van der Waals surface area contributed by atoms with Crippen molar-refractivity contribution < 1.29 is 9.53 Å². The maximum Gasteiger partial charge on any atom is 0.266 e. The molecule has 0 bridgehead atoms. The minimum atomic E-state index is -0.431. The molecule has 0 saturated heterocycles. The van der Waals surface area contributed by atoms with Gasteiger partial charge in [0.25, 0.3) is 11.5 Å². The molecule has 0 radical (unpaired) electrons. The van der Waals surface area contributed by atoms with E-state index in [0.29, 0.717) is 11.4 Å². The van der Waals surface area contributed by atoms with Gasteiger partial charge in [0, 0.05) is 18.0 Å². The van der Waals surface area contributed by atoms with E-state index in [1.807, 2.05) is 0 Å². The molecule has 0 aliphatic rings. The highest BCUT2D eigenvalue weighted by molar-refractivity contribution is 6.30. The molecule has 1 aromatic carbocycles. The summed E-state index contributed by atoms with van der Waals surface area (Å²) in [6, 6.07) is 8.26. The summed E-state index contributed by atoms with van der Waals surface area (Å²) in [6.07, 6.45) is 1.31. The van der Waals surface area contributed by atoms with Crippen LogP contribution in [0.4, 0.5) is 5.69 Å². The molecule has 2 aromatic rings. The van der Waals surface area contributed by atoms with Crippen LogP contribution in [0.15, 0.2) is 41.3 Å². The standard InChI is InChI=1S/C13H11ClN2O3/c1-19-10-4-2-3-9(6-10)16-12(17)8-5-11(14)13(18)15-7-8/h2-7H,1H3,(H,15,18)(H,16,17). The van der Waals surface area contributed by atoms with E-state index in [1.165, 1.54) is 12.3 Å². The lowest BCUT2D eigenvalue weighted by Crippen LogP contribution is -2.15. The van der Waals surface area contributed by atoms with Crippen LogP contribution in [-0.4, -0.2) is 18.0 Å². The molecule has 2 N–H and O–H groups in total. The fourth-order valence-corrected chi connectivity index (χ4v) is 1.66. The number of hydrogen-bond acceptors (Lipinski definition) is 3. The van der Waals surface area contributed by atoms with Crippen molar-refractivity contribution in [3.63, 3.8) is 0 Å². The number of nitrogens with one attached hydrogen (secondary N) is 2. The molecule has 1 amide bonds. The Morgan fingerprint density at radius 2 is 2.16 bits per heavy atom. The van der Waals surface area contributed by atoms with Crippen LogP contribution < -0.4 is 15.6 Å². The van der Waals surface area contributed by atoms with Gasteiger partial charge in [-0.15, -0.1) is 0 Å². The second kappa shape index (κ2) is 5.58. The fraction of sp³-hybridized carbons (Fsp3) is 0.0769. The maximum absolute atomic E-state index is 11.9. The molecule has 0 atom stereocenters. The van der Waals surface area contributed by atoms with E-state index < -0.39 is 5.56 Å². The van der Waals surface area contributed by atoms with Crippen LogP contribution >= 0.6 is 11.6 Å². The van der Waals surface area contributed by atoms with E-state index in [4.69, 9.17) is 16.3 Å². The third-order valence-electron chi connectivity index (χ3n) is 2.45. The Hall–Kier alpha value is -2.27. The second-order valence-corrected chi connectivity index (χ2v) is 4.16. The molecule has 0 aliphatic heterocycles. The van der Waals surface area contributed by atoms with Gasteiger partial charge in [0.1, 0.15) is 10.8 Å². The van der Waals surface area contributed by atoms with Gasteiger partial charge in [-0.2, -0.15) is 0 Å². The molecule has 2 rings (SSSR count). The second-order valence-electron chi connectivity index (χ2n) is 3.75. The van der Waals surface area contributed by atoms with Crippen LogP contribution in [0.5, 0.6) is 5.75 Å². The van der Waals surface area contributed by atoms with Crippen molar-refractivity contribution in [2.45, 2.75) is 0 Å². The predicted octanol–water partition coefficient (Wildman–Crippen LogP) is 2.29. The molecular formula is C13H11ClN2O3. The Morgan fingerprint density at radius 1 is 1.37 bits per heavy atom. The molecule has 98 valence electrons. The average Bonchev–Trinajstić information content (AvgIpc) is 2.42. The first-order valence-electron chi connectivity index (χ1n) is 5.44. The summed E-state index contributed by atoms with van der Waals surface area (Å²) in [5, 5.41) is 2.65. The number of aromatic nitrogens is 1. The Kier molecular flexibility index (Phi) is 3.87. The van der Waals surface area contributed by atoms with Crippen LogP contribution in [-0.2, 0) is 0 Å². The van der Waals surface area contributed by atoms with Gasteiger partial charge in [0.15, 0.2) is 0 Å². The summed E-state index contributed by atoms with van der Waals surface area (Å²) in [7, 11) is 1.54. The van der Waals surface area contributed by atoms with Crippen molar-refractivity contribution in [2.24, 2.45) is 0 Å². The van der Waals surface area contributed by atoms with Gasteiger partial charge in [-0.05, 0) is 18.2 Å². The molecule has 1 heterocycles. The Labute approximate surface area is 114 Å². The van der Waals surface area contributed by atoms with Crippen molar-refractivity contribution >= 4 is 23.2 Å². The van der Waals surface area contributed by atoms with Crippen LogP contribution in [0.1, 0.15) is 10.4 Å². The van der Waals surface area contributed by atoms with Crippen molar-refractivity contribution in [2.75, 3.05) is 12.4 Å². The molecule has 0 spiro atoms. The molecule has 0 saturated carbocycles. The SMILES string of the molecule is COc1cccc(NC(=O)c2c[nH]c(=O)c(Cl)c2)c1. The Bertz CT molecular complexity index is 667.